The van der Waals surface area contributed by atoms with Crippen LogP contribution in [-0.4, -0.2) is 46.1 Å². The van der Waals surface area contributed by atoms with E-state index in [0.717, 1.165) is 0 Å². The van der Waals surface area contributed by atoms with Crippen LogP contribution in [0, 0.1) is 0 Å². The molecule has 0 unspecified atom stereocenters. The van der Waals surface area contributed by atoms with E-state index in [1.165, 1.54) is 27.7 Å². The molecule has 0 amide bonds. The smallest absolute Gasteiger partial charge is 0.126 e. The molecule has 0 aromatic heterocycles. The Hall–Kier alpha value is 4.45. The molecule has 0 radical (unpaired) electrons. The Kier molecular flexibility index (Phi) is 356. The summed E-state index contributed by atoms with van der Waals surface area (Å²) in [7, 11) is 0. The van der Waals surface area contributed by atoms with Crippen molar-refractivity contribution in [3.8, 4) is 0 Å². The lowest BCUT2D eigenvalue weighted by molar-refractivity contribution is -0.115. The minimum atomic E-state index is 0.167. The molecule has 0 N–H and O–H groups in total. The van der Waals surface area contributed by atoms with Gasteiger partial charge in [-0.05, 0) is 62.2 Å². The van der Waals surface area contributed by atoms with Crippen molar-refractivity contribution in [2.75, 3.05) is 34.5 Å². The highest BCUT2D eigenvalue weighted by Gasteiger charge is 1.62. The average Bonchev–Trinajstić information content (AvgIpc) is 2.59. The fourth-order valence-electron chi connectivity index (χ4n) is 0. The summed E-state index contributed by atoms with van der Waals surface area (Å²) in [6.07, 6.45) is 0. The van der Waals surface area contributed by atoms with Gasteiger partial charge in [-0.2, -0.15) is 0 Å². The van der Waals surface area contributed by atoms with E-state index in [2.05, 4.69) is 158 Å². The van der Waals surface area contributed by atoms with Crippen molar-refractivity contribution < 1.29 is 9.59 Å². The zero-order valence-corrected chi connectivity index (χ0v) is 30.6. The summed E-state index contributed by atoms with van der Waals surface area (Å²) in [4.78, 5) is 32.7. The Morgan fingerprint density at radius 1 is 0.364 bits per heavy atom. The average molecular weight is 1110 g/mol. The fourth-order valence-corrected chi connectivity index (χ4v) is 0. The fraction of sp³-hybridized carbons (Fsp3) is 0.846. The van der Waals surface area contributed by atoms with Crippen molar-refractivity contribution in [1.29, 1.82) is 0 Å². The lowest BCUT2D eigenvalue weighted by Gasteiger charge is -1.56. The van der Waals surface area contributed by atoms with Gasteiger partial charge in [-0.3, -0.25) is 0 Å². The molecule has 0 saturated carbocycles. The second-order valence-corrected chi connectivity index (χ2v) is 1.82. The third-order valence-electron chi connectivity index (χ3n) is 0. The molecular formula is C13H33I7O2. The Morgan fingerprint density at radius 3 is 0.364 bits per heavy atom. The van der Waals surface area contributed by atoms with Crippen LogP contribution in [0.2, 0.25) is 0 Å². The van der Waals surface area contributed by atoms with Gasteiger partial charge in [0, 0.05) is 0 Å². The zero-order valence-electron chi connectivity index (χ0n) is 15.5. The summed E-state index contributed by atoms with van der Waals surface area (Å²) in [5, 5.41) is 0. The second-order valence-electron chi connectivity index (χ2n) is 1.82. The van der Waals surface area contributed by atoms with Crippen LogP contribution in [0.4, 0.5) is 0 Å². The number of Topliss-reactive ketones (excluding diaryl/α,β-unsaturated/α-hetero) is 2. The van der Waals surface area contributed by atoms with Crippen molar-refractivity contribution >= 4 is 170 Å². The third-order valence-corrected chi connectivity index (χ3v) is 0. The van der Waals surface area contributed by atoms with Crippen LogP contribution < -0.4 is 0 Å². The lowest BCUT2D eigenvalue weighted by atomic mass is 10.6. The minimum absolute atomic E-state index is 0.167. The summed E-state index contributed by atoms with van der Waals surface area (Å²) < 4.78 is 0. The van der Waals surface area contributed by atoms with Crippen LogP contribution in [0.25, 0.3) is 0 Å². The first-order chi connectivity index (χ1) is 10.5. The highest BCUT2D eigenvalue weighted by atomic mass is 127. The Balaban J connectivity index is -0.0000000127. The van der Waals surface area contributed by atoms with Crippen LogP contribution >= 0.6 is 158 Å². The Bertz CT molecular complexity index is 86.4. The standard InChI is InChI=1S/2C3H6O.7CH3I/c2*1-3(2)4;7*1-2/h2*1-2H3;7*1H3. The maximum Gasteiger partial charge on any atom is 0.126 e. The van der Waals surface area contributed by atoms with Crippen LogP contribution in [0.5, 0.6) is 0 Å². The number of rotatable bonds is 0. The molecule has 0 bridgehead atoms. The summed E-state index contributed by atoms with van der Waals surface area (Å²) in [6.45, 7) is 6.11. The van der Waals surface area contributed by atoms with E-state index >= 15 is 0 Å². The number of hydrogen-bond donors (Lipinski definition) is 0. The molecule has 0 fully saturated rings. The van der Waals surface area contributed by atoms with Gasteiger partial charge in [-0.25, -0.2) is 0 Å². The van der Waals surface area contributed by atoms with Crippen LogP contribution in [0.1, 0.15) is 27.7 Å². The number of halogens is 7. The first-order valence-electron chi connectivity index (χ1n) is 5.05. The molecule has 0 aromatic carbocycles. The molecular weight excluding hydrogens is 1080 g/mol. The number of alkyl halides is 7. The molecule has 0 heterocycles. The molecule has 0 rings (SSSR count). The summed E-state index contributed by atoms with van der Waals surface area (Å²) in [5.41, 5.74) is 0. The van der Waals surface area contributed by atoms with Crippen molar-refractivity contribution in [2.45, 2.75) is 27.7 Å². The van der Waals surface area contributed by atoms with Crippen molar-refractivity contribution in [3.05, 3.63) is 0 Å². The monoisotopic (exact) mass is 1110 g/mol. The topological polar surface area (TPSA) is 34.1 Å². The summed E-state index contributed by atoms with van der Waals surface area (Å²) in [5.74, 6) is 0.333. The van der Waals surface area contributed by atoms with Crippen molar-refractivity contribution in [2.24, 2.45) is 0 Å². The van der Waals surface area contributed by atoms with E-state index in [-0.39, 0.29) is 11.6 Å². The van der Waals surface area contributed by atoms with Gasteiger partial charge in [0.15, 0.2) is 0 Å². The molecule has 0 atom stereocenters. The second kappa shape index (κ2) is 139. The van der Waals surface area contributed by atoms with Gasteiger partial charge in [0.1, 0.15) is 11.6 Å². The van der Waals surface area contributed by atoms with Crippen LogP contribution in [0.3, 0.4) is 0 Å². The normalized spacial score (nSPS) is 4.27. The minimum Gasteiger partial charge on any atom is -0.300 e. The van der Waals surface area contributed by atoms with E-state index in [1.807, 2.05) is 34.5 Å². The molecule has 146 valence electrons. The van der Waals surface area contributed by atoms with Gasteiger partial charge in [0.25, 0.3) is 0 Å². The van der Waals surface area contributed by atoms with Crippen LogP contribution in [-0.2, 0) is 9.59 Å². The Labute approximate surface area is 236 Å². The SMILES string of the molecule is CC(C)=O.CC(C)=O.CI.CI.CI.CI.CI.CI.CI. The highest BCUT2D eigenvalue weighted by molar-refractivity contribution is 14.1. The van der Waals surface area contributed by atoms with E-state index < -0.39 is 0 Å². The van der Waals surface area contributed by atoms with E-state index in [4.69, 9.17) is 0 Å². The maximum absolute atomic E-state index is 9.44. The summed E-state index contributed by atoms with van der Waals surface area (Å²) in [6, 6.07) is 0. The molecule has 0 spiro atoms. The van der Waals surface area contributed by atoms with E-state index in [0.29, 0.717) is 0 Å². The molecule has 0 saturated heterocycles. The molecule has 0 aliphatic rings. The van der Waals surface area contributed by atoms with Crippen molar-refractivity contribution in [3.63, 3.8) is 0 Å². The van der Waals surface area contributed by atoms with E-state index in [9.17, 15) is 9.59 Å². The first-order valence-corrected chi connectivity index (χ1v) is 20.2. The number of carbonyl (C=O) groups excluding carboxylic acids is 2. The molecule has 0 aliphatic carbocycles. The predicted molar refractivity (Wildman–Crippen MR) is 172 cm³/mol. The van der Waals surface area contributed by atoms with Crippen molar-refractivity contribution in [1.82, 2.24) is 0 Å². The number of ketones is 2. The third kappa shape index (κ3) is 679. The van der Waals surface area contributed by atoms with Gasteiger partial charge in [0.05, 0.1) is 0 Å². The maximum atomic E-state index is 9.44. The summed E-state index contributed by atoms with van der Waals surface area (Å²) >= 11 is 15.1. The predicted octanol–water partition coefficient (Wildman–Crippen LogP) is 8.55. The van der Waals surface area contributed by atoms with Crippen LogP contribution in [0.15, 0.2) is 0 Å². The largest absolute Gasteiger partial charge is 0.300 e. The van der Waals surface area contributed by atoms with Gasteiger partial charge in [0.2, 0.25) is 0 Å². The molecule has 0 aromatic rings. The molecule has 2 nitrogen and oxygen atoms in total. The van der Waals surface area contributed by atoms with Gasteiger partial charge in [-0.15, -0.1) is 0 Å². The van der Waals surface area contributed by atoms with Gasteiger partial charge >= 0.3 is 0 Å². The lowest BCUT2D eigenvalue weighted by Crippen LogP contribution is -1.69. The van der Waals surface area contributed by atoms with Gasteiger partial charge < -0.3 is 9.59 Å². The van der Waals surface area contributed by atoms with Gasteiger partial charge in [-0.1, -0.05) is 158 Å². The number of hydrogen-bond acceptors (Lipinski definition) is 2. The number of carbonyl (C=O) groups is 2. The molecule has 0 aliphatic heterocycles. The molecule has 9 heteroatoms. The Morgan fingerprint density at radius 2 is 0.364 bits per heavy atom. The van der Waals surface area contributed by atoms with E-state index in [1.54, 1.807) is 0 Å². The molecule has 22 heavy (non-hydrogen) atoms. The quantitative estimate of drug-likeness (QED) is 0.180. The highest BCUT2D eigenvalue weighted by Crippen LogP contribution is 1.51. The first kappa shape index (κ1) is 56.3. The zero-order chi connectivity index (χ0) is 21.2.